The third-order valence-corrected chi connectivity index (χ3v) is 4.58. The maximum absolute atomic E-state index is 6.53. The molecule has 0 spiro atoms. The van der Waals surface area contributed by atoms with E-state index >= 15 is 0 Å². The summed E-state index contributed by atoms with van der Waals surface area (Å²) in [5.74, 6) is 1.03. The third-order valence-electron chi connectivity index (χ3n) is 4.29. The van der Waals surface area contributed by atoms with Gasteiger partial charge in [-0.15, -0.1) is 0 Å². The van der Waals surface area contributed by atoms with Gasteiger partial charge in [-0.05, 0) is 63.3 Å². The summed E-state index contributed by atoms with van der Waals surface area (Å²) in [6.45, 7) is 5.85. The van der Waals surface area contributed by atoms with E-state index in [0.717, 1.165) is 48.8 Å². The fourth-order valence-corrected chi connectivity index (χ4v) is 3.77. The van der Waals surface area contributed by atoms with Gasteiger partial charge in [-0.2, -0.15) is 5.10 Å². The van der Waals surface area contributed by atoms with Crippen LogP contribution in [0.5, 0.6) is 0 Å². The average Bonchev–Trinajstić information content (AvgIpc) is 2.88. The number of aryl methyl sites for hydroxylation is 3. The molecule has 1 aliphatic heterocycles. The molecule has 3 rings (SSSR count). The summed E-state index contributed by atoms with van der Waals surface area (Å²) >= 11 is 6.53. The summed E-state index contributed by atoms with van der Waals surface area (Å²) in [7, 11) is 0. The molecule has 0 unspecified atom stereocenters. The van der Waals surface area contributed by atoms with Crippen molar-refractivity contribution in [2.75, 3.05) is 18.0 Å². The van der Waals surface area contributed by atoms with Crippen LogP contribution < -0.4 is 10.6 Å². The van der Waals surface area contributed by atoms with Crippen LogP contribution in [0.1, 0.15) is 35.2 Å². The predicted octanol–water partition coefficient (Wildman–Crippen LogP) is 3.66. The van der Waals surface area contributed by atoms with E-state index in [1.807, 2.05) is 6.07 Å². The van der Waals surface area contributed by atoms with Crippen molar-refractivity contribution in [3.8, 4) is 0 Å². The zero-order chi connectivity index (χ0) is 15.7. The first kappa shape index (κ1) is 15.4. The monoisotopic (exact) mass is 318 g/mol. The molecule has 4 nitrogen and oxygen atoms in total. The molecular weight excluding hydrogens is 296 g/mol. The smallest absolute Gasteiger partial charge is 0.158 e. The number of nitrogens with zero attached hydrogens (tertiary/aromatic N) is 2. The predicted molar refractivity (Wildman–Crippen MR) is 92.2 cm³/mol. The van der Waals surface area contributed by atoms with Gasteiger partial charge in [-0.25, -0.2) is 0 Å². The van der Waals surface area contributed by atoms with Crippen LogP contribution in [0.4, 0.5) is 11.5 Å². The van der Waals surface area contributed by atoms with Crippen molar-refractivity contribution >= 4 is 23.1 Å². The fraction of sp³-hybridized carbons (Fsp3) is 0.471. The van der Waals surface area contributed by atoms with E-state index in [0.29, 0.717) is 6.54 Å². The number of fused-ring (bicyclic) bond motifs is 1. The Morgan fingerprint density at radius 2 is 2.18 bits per heavy atom. The van der Waals surface area contributed by atoms with Crippen LogP contribution in [0, 0.1) is 13.8 Å². The van der Waals surface area contributed by atoms with Crippen LogP contribution in [0.15, 0.2) is 12.1 Å². The number of nitrogens with two attached hydrogens (primary N) is 1. The lowest BCUT2D eigenvalue weighted by atomic mass is 10.0. The van der Waals surface area contributed by atoms with Gasteiger partial charge in [0.1, 0.15) is 0 Å². The molecule has 0 amide bonds. The number of H-pyrrole nitrogens is 1. The maximum atomic E-state index is 6.53. The highest BCUT2D eigenvalue weighted by Gasteiger charge is 2.26. The molecule has 0 saturated heterocycles. The largest absolute Gasteiger partial charge is 0.330 e. The van der Waals surface area contributed by atoms with Gasteiger partial charge in [0.15, 0.2) is 5.82 Å². The van der Waals surface area contributed by atoms with Crippen molar-refractivity contribution in [3.05, 3.63) is 39.5 Å². The summed E-state index contributed by atoms with van der Waals surface area (Å²) in [6.07, 6.45) is 4.14. The lowest BCUT2D eigenvalue weighted by Gasteiger charge is -2.30. The molecule has 5 heteroatoms. The molecule has 1 aromatic heterocycles. The zero-order valence-electron chi connectivity index (χ0n) is 13.2. The second-order valence-corrected chi connectivity index (χ2v) is 6.47. The van der Waals surface area contributed by atoms with Gasteiger partial charge < -0.3 is 10.6 Å². The molecule has 0 radical (unpaired) electrons. The van der Waals surface area contributed by atoms with Gasteiger partial charge in [0.05, 0.1) is 10.7 Å². The summed E-state index contributed by atoms with van der Waals surface area (Å²) in [5, 5.41) is 8.59. The minimum Gasteiger partial charge on any atom is -0.330 e. The average molecular weight is 319 g/mol. The van der Waals surface area contributed by atoms with Crippen LogP contribution in [0.2, 0.25) is 5.02 Å². The number of anilines is 2. The molecule has 1 aromatic carbocycles. The second-order valence-electron chi connectivity index (χ2n) is 6.06. The number of benzene rings is 1. The first-order chi connectivity index (χ1) is 10.6. The van der Waals surface area contributed by atoms with E-state index in [2.05, 4.69) is 35.0 Å². The molecule has 2 aromatic rings. The Morgan fingerprint density at radius 3 is 2.91 bits per heavy atom. The molecule has 2 heterocycles. The highest BCUT2D eigenvalue weighted by molar-refractivity contribution is 6.33. The van der Waals surface area contributed by atoms with Crippen molar-refractivity contribution in [2.24, 2.45) is 5.73 Å². The molecular formula is C17H23ClN4. The molecule has 0 bridgehead atoms. The minimum atomic E-state index is 0.709. The van der Waals surface area contributed by atoms with Gasteiger partial charge in [-0.1, -0.05) is 17.7 Å². The van der Waals surface area contributed by atoms with Gasteiger partial charge in [0.2, 0.25) is 0 Å². The van der Waals surface area contributed by atoms with Gasteiger partial charge >= 0.3 is 0 Å². The van der Waals surface area contributed by atoms with E-state index < -0.39 is 0 Å². The highest BCUT2D eigenvalue weighted by atomic mass is 35.5. The standard InChI is InChI=1S/C17H23ClN4/c1-11-9-12(2)16(14(18)10-11)22-8-4-5-13-15(6-3-7-19)20-21-17(13)22/h9-10H,3-8,19H2,1-2H3,(H,20,21). The molecule has 0 saturated carbocycles. The lowest BCUT2D eigenvalue weighted by molar-refractivity contribution is 0.745. The van der Waals surface area contributed by atoms with Crippen LogP contribution in [-0.4, -0.2) is 23.3 Å². The Morgan fingerprint density at radius 1 is 1.36 bits per heavy atom. The first-order valence-electron chi connectivity index (χ1n) is 7.92. The summed E-state index contributed by atoms with van der Waals surface area (Å²) in [4.78, 5) is 2.26. The molecule has 3 N–H and O–H groups in total. The van der Waals surface area contributed by atoms with E-state index in [1.165, 1.54) is 22.4 Å². The number of aromatic amines is 1. The van der Waals surface area contributed by atoms with Gasteiger partial charge in [-0.3, -0.25) is 5.10 Å². The fourth-order valence-electron chi connectivity index (χ4n) is 3.35. The highest BCUT2D eigenvalue weighted by Crippen LogP contribution is 2.39. The van der Waals surface area contributed by atoms with E-state index in [1.54, 1.807) is 0 Å². The van der Waals surface area contributed by atoms with E-state index in [-0.39, 0.29) is 0 Å². The molecule has 0 atom stereocenters. The second kappa shape index (κ2) is 6.31. The number of halogens is 1. The van der Waals surface area contributed by atoms with E-state index in [4.69, 9.17) is 17.3 Å². The lowest BCUT2D eigenvalue weighted by Crippen LogP contribution is -2.25. The normalized spacial score (nSPS) is 14.3. The van der Waals surface area contributed by atoms with Crippen molar-refractivity contribution in [1.29, 1.82) is 0 Å². The number of hydrogen-bond donors (Lipinski definition) is 2. The molecule has 22 heavy (non-hydrogen) atoms. The molecule has 0 aliphatic carbocycles. The molecule has 1 aliphatic rings. The van der Waals surface area contributed by atoms with Crippen LogP contribution in [0.25, 0.3) is 0 Å². The summed E-state index contributed by atoms with van der Waals surface area (Å²) < 4.78 is 0. The third kappa shape index (κ3) is 2.73. The molecule has 118 valence electrons. The number of aromatic nitrogens is 2. The van der Waals surface area contributed by atoms with Crippen LogP contribution >= 0.6 is 11.6 Å². The Bertz CT molecular complexity index is 654. The SMILES string of the molecule is Cc1cc(C)c(N2CCCc3c2n[nH]c3CCCN)c(Cl)c1. The number of rotatable bonds is 4. The molecule has 0 fully saturated rings. The van der Waals surface area contributed by atoms with Crippen molar-refractivity contribution in [2.45, 2.75) is 39.5 Å². The summed E-state index contributed by atoms with van der Waals surface area (Å²) in [6, 6.07) is 4.21. The first-order valence-corrected chi connectivity index (χ1v) is 8.30. The quantitative estimate of drug-likeness (QED) is 0.904. The van der Waals surface area contributed by atoms with Crippen LogP contribution in [0.3, 0.4) is 0 Å². The van der Waals surface area contributed by atoms with Crippen LogP contribution in [-0.2, 0) is 12.8 Å². The Kier molecular flexibility index (Phi) is 4.41. The van der Waals surface area contributed by atoms with Crippen molar-refractivity contribution in [1.82, 2.24) is 10.2 Å². The van der Waals surface area contributed by atoms with Crippen molar-refractivity contribution in [3.63, 3.8) is 0 Å². The van der Waals surface area contributed by atoms with Gasteiger partial charge in [0.25, 0.3) is 0 Å². The minimum absolute atomic E-state index is 0.709. The number of hydrogen-bond acceptors (Lipinski definition) is 3. The Hall–Kier alpha value is -1.52. The van der Waals surface area contributed by atoms with E-state index in [9.17, 15) is 0 Å². The topological polar surface area (TPSA) is 57.9 Å². The Balaban J connectivity index is 2.01. The summed E-state index contributed by atoms with van der Waals surface area (Å²) in [5.41, 5.74) is 11.7. The van der Waals surface area contributed by atoms with Gasteiger partial charge in [0, 0.05) is 17.8 Å². The van der Waals surface area contributed by atoms with Crippen molar-refractivity contribution < 1.29 is 0 Å². The zero-order valence-corrected chi connectivity index (χ0v) is 14.0. The Labute approximate surface area is 136 Å². The number of nitrogens with one attached hydrogen (secondary N) is 1. The maximum Gasteiger partial charge on any atom is 0.158 e.